The molecular weight excluding hydrogens is 351 g/mol. The zero-order valence-electron chi connectivity index (χ0n) is 13.8. The van der Waals surface area contributed by atoms with Gasteiger partial charge in [0, 0.05) is 18.5 Å². The molecule has 0 fully saturated rings. The number of rotatable bonds is 6. The molecule has 134 valence electrons. The first-order chi connectivity index (χ1) is 11.8. The Hall–Kier alpha value is -2.15. The molecule has 0 heterocycles. The van der Waals surface area contributed by atoms with Crippen LogP contribution < -0.4 is 4.74 Å². The number of halogens is 3. The molecule has 7 heteroatoms. The monoisotopic (exact) mass is 369 g/mol. The number of hydrogen-bond donors (Lipinski definition) is 0. The van der Waals surface area contributed by atoms with E-state index in [9.17, 15) is 18.0 Å². The highest BCUT2D eigenvalue weighted by atomic mass is 32.2. The van der Waals surface area contributed by atoms with Gasteiger partial charge in [-0.2, -0.15) is 13.2 Å². The summed E-state index contributed by atoms with van der Waals surface area (Å²) in [6.45, 7) is 0.0835. The lowest BCUT2D eigenvalue weighted by atomic mass is 10.2. The molecule has 0 saturated carbocycles. The Morgan fingerprint density at radius 2 is 1.84 bits per heavy atom. The molecular formula is C18H18F3NO2S. The first-order valence-electron chi connectivity index (χ1n) is 7.46. The zero-order valence-corrected chi connectivity index (χ0v) is 14.7. The minimum absolute atomic E-state index is 0.0147. The van der Waals surface area contributed by atoms with E-state index in [-0.39, 0.29) is 18.3 Å². The summed E-state index contributed by atoms with van der Waals surface area (Å²) in [5.41, 5.74) is 0.160. The average Bonchev–Trinajstić information content (AvgIpc) is 2.59. The van der Waals surface area contributed by atoms with Crippen LogP contribution in [0.3, 0.4) is 0 Å². The van der Waals surface area contributed by atoms with Crippen molar-refractivity contribution < 1.29 is 22.7 Å². The van der Waals surface area contributed by atoms with Crippen molar-refractivity contribution in [3.05, 3.63) is 59.7 Å². The quantitative estimate of drug-likeness (QED) is 0.704. The first-order valence-corrected chi connectivity index (χ1v) is 8.69. The van der Waals surface area contributed by atoms with Crippen LogP contribution in [-0.4, -0.2) is 30.7 Å². The highest BCUT2D eigenvalue weighted by molar-refractivity contribution is 7.98. The maximum atomic E-state index is 12.7. The van der Waals surface area contributed by atoms with Crippen molar-refractivity contribution in [1.82, 2.24) is 4.90 Å². The Balaban J connectivity index is 1.90. The van der Waals surface area contributed by atoms with E-state index in [1.807, 2.05) is 30.5 Å². The van der Waals surface area contributed by atoms with Gasteiger partial charge in [0.25, 0.3) is 5.91 Å². The fraction of sp³-hybridized carbons (Fsp3) is 0.278. The molecule has 1 amide bonds. The molecule has 0 radical (unpaired) electrons. The van der Waals surface area contributed by atoms with Crippen molar-refractivity contribution >= 4 is 17.7 Å². The van der Waals surface area contributed by atoms with Crippen LogP contribution in [0, 0.1) is 0 Å². The van der Waals surface area contributed by atoms with Gasteiger partial charge in [-0.3, -0.25) is 4.79 Å². The van der Waals surface area contributed by atoms with Gasteiger partial charge in [0.05, 0.1) is 5.56 Å². The topological polar surface area (TPSA) is 29.5 Å². The van der Waals surface area contributed by atoms with Gasteiger partial charge in [-0.05, 0) is 42.2 Å². The second-order valence-electron chi connectivity index (χ2n) is 5.41. The molecule has 0 N–H and O–H groups in total. The summed E-state index contributed by atoms with van der Waals surface area (Å²) in [4.78, 5) is 14.7. The summed E-state index contributed by atoms with van der Waals surface area (Å²) in [6.07, 6.45) is -2.46. The molecule has 0 aliphatic rings. The highest BCUT2D eigenvalue weighted by Gasteiger charge is 2.30. The standard InChI is InChI=1S/C18H18F3NO2S/c1-22(11-13-6-8-16(25-2)9-7-13)17(23)12-24-15-5-3-4-14(10-15)18(19,20)21/h3-10H,11-12H2,1-2H3. The third-order valence-electron chi connectivity index (χ3n) is 3.53. The number of carbonyl (C=O) groups excluding carboxylic acids is 1. The van der Waals surface area contributed by atoms with E-state index in [4.69, 9.17) is 4.74 Å². The predicted molar refractivity (Wildman–Crippen MR) is 91.6 cm³/mol. The van der Waals surface area contributed by atoms with Gasteiger partial charge in [0.2, 0.25) is 0 Å². The number of benzene rings is 2. The lowest BCUT2D eigenvalue weighted by Gasteiger charge is -2.18. The average molecular weight is 369 g/mol. The van der Waals surface area contributed by atoms with Gasteiger partial charge in [-0.25, -0.2) is 0 Å². The Morgan fingerprint density at radius 1 is 1.16 bits per heavy atom. The predicted octanol–water partition coefficient (Wildman–Crippen LogP) is 4.46. The van der Waals surface area contributed by atoms with Crippen molar-refractivity contribution in [3.63, 3.8) is 0 Å². The van der Waals surface area contributed by atoms with Gasteiger partial charge in [-0.15, -0.1) is 11.8 Å². The van der Waals surface area contributed by atoms with E-state index >= 15 is 0 Å². The molecule has 0 aliphatic heterocycles. The molecule has 0 unspecified atom stereocenters. The Bertz CT molecular complexity index is 717. The van der Waals surface area contributed by atoms with E-state index in [1.165, 1.54) is 17.0 Å². The molecule has 0 aromatic heterocycles. The van der Waals surface area contributed by atoms with E-state index in [2.05, 4.69) is 0 Å². The van der Waals surface area contributed by atoms with Crippen molar-refractivity contribution in [3.8, 4) is 5.75 Å². The molecule has 2 aromatic rings. The summed E-state index contributed by atoms with van der Waals surface area (Å²) in [5, 5.41) is 0. The number of amides is 1. The first kappa shape index (κ1) is 19.2. The van der Waals surface area contributed by atoms with E-state index < -0.39 is 11.7 Å². The van der Waals surface area contributed by atoms with Gasteiger partial charge >= 0.3 is 6.18 Å². The van der Waals surface area contributed by atoms with E-state index in [1.54, 1.807) is 18.8 Å². The van der Waals surface area contributed by atoms with Crippen LogP contribution in [-0.2, 0) is 17.5 Å². The minimum Gasteiger partial charge on any atom is -0.484 e. The Kier molecular flexibility index (Phi) is 6.36. The molecule has 2 aromatic carbocycles. The summed E-state index contributed by atoms with van der Waals surface area (Å²) in [6, 6.07) is 12.3. The normalized spacial score (nSPS) is 11.2. The lowest BCUT2D eigenvalue weighted by Crippen LogP contribution is -2.31. The van der Waals surface area contributed by atoms with Crippen LogP contribution in [0.25, 0.3) is 0 Å². The van der Waals surface area contributed by atoms with E-state index in [0.29, 0.717) is 6.54 Å². The third kappa shape index (κ3) is 5.70. The van der Waals surface area contributed by atoms with E-state index in [0.717, 1.165) is 22.6 Å². The summed E-state index contributed by atoms with van der Waals surface area (Å²) in [5.74, 6) is -0.299. The number of ether oxygens (including phenoxy) is 1. The molecule has 25 heavy (non-hydrogen) atoms. The lowest BCUT2D eigenvalue weighted by molar-refractivity contribution is -0.137. The van der Waals surface area contributed by atoms with Crippen LogP contribution in [0.2, 0.25) is 0 Å². The summed E-state index contributed by atoms with van der Waals surface area (Å²) in [7, 11) is 1.63. The number of alkyl halides is 3. The fourth-order valence-electron chi connectivity index (χ4n) is 2.11. The van der Waals surface area contributed by atoms with Crippen molar-refractivity contribution in [1.29, 1.82) is 0 Å². The van der Waals surface area contributed by atoms with Crippen LogP contribution >= 0.6 is 11.8 Å². The largest absolute Gasteiger partial charge is 0.484 e. The van der Waals surface area contributed by atoms with Crippen molar-refractivity contribution in [2.45, 2.75) is 17.6 Å². The molecule has 3 nitrogen and oxygen atoms in total. The number of thioether (sulfide) groups is 1. The number of likely N-dealkylation sites (N-methyl/N-ethyl adjacent to an activating group) is 1. The SMILES string of the molecule is CSc1ccc(CN(C)C(=O)COc2cccc(C(F)(F)F)c2)cc1. The van der Waals surface area contributed by atoms with Crippen LogP contribution in [0.1, 0.15) is 11.1 Å². The van der Waals surface area contributed by atoms with Gasteiger partial charge in [-0.1, -0.05) is 18.2 Å². The molecule has 0 saturated heterocycles. The fourth-order valence-corrected chi connectivity index (χ4v) is 2.52. The zero-order chi connectivity index (χ0) is 18.4. The Labute approximate surface area is 148 Å². The number of nitrogens with zero attached hydrogens (tertiary/aromatic N) is 1. The van der Waals surface area contributed by atoms with Crippen LogP contribution in [0.15, 0.2) is 53.4 Å². The molecule has 2 rings (SSSR count). The molecule has 0 bridgehead atoms. The molecule has 0 atom stereocenters. The van der Waals surface area contributed by atoms with Crippen molar-refractivity contribution in [2.75, 3.05) is 19.9 Å². The van der Waals surface area contributed by atoms with Crippen LogP contribution in [0.4, 0.5) is 13.2 Å². The second kappa shape index (κ2) is 8.29. The number of carbonyl (C=O) groups is 1. The third-order valence-corrected chi connectivity index (χ3v) is 4.27. The van der Waals surface area contributed by atoms with Gasteiger partial charge in [0.1, 0.15) is 5.75 Å². The smallest absolute Gasteiger partial charge is 0.416 e. The van der Waals surface area contributed by atoms with Gasteiger partial charge < -0.3 is 9.64 Å². The molecule has 0 spiro atoms. The minimum atomic E-state index is -4.44. The second-order valence-corrected chi connectivity index (χ2v) is 6.29. The number of hydrogen-bond acceptors (Lipinski definition) is 3. The maximum Gasteiger partial charge on any atom is 0.416 e. The highest BCUT2D eigenvalue weighted by Crippen LogP contribution is 2.31. The molecule has 0 aliphatic carbocycles. The van der Waals surface area contributed by atoms with Crippen molar-refractivity contribution in [2.24, 2.45) is 0 Å². The van der Waals surface area contributed by atoms with Crippen LogP contribution in [0.5, 0.6) is 5.75 Å². The summed E-state index contributed by atoms with van der Waals surface area (Å²) >= 11 is 1.63. The maximum absolute atomic E-state index is 12.7. The van der Waals surface area contributed by atoms with Gasteiger partial charge in [0.15, 0.2) is 6.61 Å². The Morgan fingerprint density at radius 3 is 2.44 bits per heavy atom. The summed E-state index contributed by atoms with van der Waals surface area (Å²) < 4.78 is 43.2.